The Morgan fingerprint density at radius 3 is 3.27 bits per heavy atom. The number of pyridine rings is 1. The topological polar surface area (TPSA) is 61.9 Å². The number of aromatic nitrogens is 3. The summed E-state index contributed by atoms with van der Waals surface area (Å²) >= 11 is 0. The van der Waals surface area contributed by atoms with Crippen molar-refractivity contribution in [3.05, 3.63) is 28.3 Å². The van der Waals surface area contributed by atoms with Crippen LogP contribution in [0.5, 0.6) is 0 Å². The highest BCUT2D eigenvalue weighted by atomic mass is 16.1. The Hall–Kier alpha value is -1.91. The Bertz CT molecular complexity index is 589. The lowest BCUT2D eigenvalue weighted by molar-refractivity contribution is 0.945. The van der Waals surface area contributed by atoms with Gasteiger partial charge < -0.3 is 9.88 Å². The van der Waals surface area contributed by atoms with Crippen LogP contribution >= 0.6 is 0 Å². The minimum absolute atomic E-state index is 0.0590. The lowest BCUT2D eigenvalue weighted by atomic mass is 10.2. The molecular formula is C10H10N4O. The summed E-state index contributed by atoms with van der Waals surface area (Å²) in [5, 5.41) is 0.576. The zero-order valence-corrected chi connectivity index (χ0v) is 8.32. The van der Waals surface area contributed by atoms with E-state index in [4.69, 9.17) is 0 Å². The standard InChI is InChI=1S/C10H10N4O/c1-14-3-2-6-8(15)7-4-11-5-12-9(7)13-10(6)14/h4-5H,2-3H2,1H3,(H,11,12,13,15). The second-order valence-corrected chi connectivity index (χ2v) is 3.74. The van der Waals surface area contributed by atoms with Crippen molar-refractivity contribution in [1.29, 1.82) is 0 Å². The van der Waals surface area contributed by atoms with Crippen molar-refractivity contribution in [3.8, 4) is 0 Å². The number of fused-ring (bicyclic) bond motifs is 2. The second kappa shape index (κ2) is 2.79. The molecule has 15 heavy (non-hydrogen) atoms. The molecule has 3 rings (SSSR count). The highest BCUT2D eigenvalue weighted by Crippen LogP contribution is 2.22. The number of aromatic amines is 1. The molecule has 1 aliphatic heterocycles. The lowest BCUT2D eigenvalue weighted by Crippen LogP contribution is -2.15. The minimum Gasteiger partial charge on any atom is -0.361 e. The Morgan fingerprint density at radius 2 is 2.40 bits per heavy atom. The average Bonchev–Trinajstić information content (AvgIpc) is 2.62. The molecule has 1 N–H and O–H groups in total. The smallest absolute Gasteiger partial charge is 0.197 e. The number of hydrogen-bond donors (Lipinski definition) is 1. The van der Waals surface area contributed by atoms with E-state index in [0.717, 1.165) is 24.3 Å². The van der Waals surface area contributed by atoms with Crippen molar-refractivity contribution >= 4 is 16.9 Å². The molecule has 3 heterocycles. The van der Waals surface area contributed by atoms with Crippen LogP contribution in [0.1, 0.15) is 5.56 Å². The Balaban J connectivity index is 2.46. The molecule has 5 heteroatoms. The zero-order valence-electron chi connectivity index (χ0n) is 8.32. The molecule has 0 amide bonds. The Morgan fingerprint density at radius 1 is 1.53 bits per heavy atom. The summed E-state index contributed by atoms with van der Waals surface area (Å²) < 4.78 is 0. The van der Waals surface area contributed by atoms with Crippen LogP contribution < -0.4 is 10.3 Å². The van der Waals surface area contributed by atoms with Crippen LogP contribution in [-0.4, -0.2) is 28.5 Å². The van der Waals surface area contributed by atoms with Crippen LogP contribution in [0.4, 0.5) is 5.82 Å². The summed E-state index contributed by atoms with van der Waals surface area (Å²) in [4.78, 5) is 25.2. The summed E-state index contributed by atoms with van der Waals surface area (Å²) in [5.74, 6) is 0.895. The third kappa shape index (κ3) is 1.06. The summed E-state index contributed by atoms with van der Waals surface area (Å²) in [6, 6.07) is 0. The van der Waals surface area contributed by atoms with Crippen LogP contribution in [0.2, 0.25) is 0 Å². The van der Waals surface area contributed by atoms with Crippen molar-refractivity contribution in [3.63, 3.8) is 0 Å². The third-order valence-corrected chi connectivity index (χ3v) is 2.83. The molecule has 0 aliphatic carbocycles. The molecule has 0 saturated heterocycles. The summed E-state index contributed by atoms with van der Waals surface area (Å²) in [6.45, 7) is 0.880. The highest BCUT2D eigenvalue weighted by Gasteiger charge is 2.21. The molecule has 76 valence electrons. The number of anilines is 1. The van der Waals surface area contributed by atoms with Gasteiger partial charge in [-0.15, -0.1) is 0 Å². The Kier molecular flexibility index (Phi) is 1.56. The van der Waals surface area contributed by atoms with E-state index >= 15 is 0 Å². The molecule has 5 nitrogen and oxygen atoms in total. The molecule has 2 aromatic rings. The fourth-order valence-corrected chi connectivity index (χ4v) is 2.00. The first-order valence-corrected chi connectivity index (χ1v) is 4.83. The third-order valence-electron chi connectivity index (χ3n) is 2.83. The number of H-pyrrole nitrogens is 1. The van der Waals surface area contributed by atoms with Crippen molar-refractivity contribution in [1.82, 2.24) is 15.0 Å². The van der Waals surface area contributed by atoms with Crippen LogP contribution in [0.3, 0.4) is 0 Å². The van der Waals surface area contributed by atoms with Gasteiger partial charge in [0.1, 0.15) is 17.8 Å². The first-order chi connectivity index (χ1) is 7.27. The molecule has 0 fully saturated rings. The number of likely N-dealkylation sites (N-methyl/N-ethyl adjacent to an activating group) is 1. The Labute approximate surface area is 85.8 Å². The van der Waals surface area contributed by atoms with Gasteiger partial charge in [-0.2, -0.15) is 0 Å². The summed E-state index contributed by atoms with van der Waals surface area (Å²) in [5.41, 5.74) is 1.52. The van der Waals surface area contributed by atoms with Gasteiger partial charge in [-0.3, -0.25) is 4.79 Å². The predicted octanol–water partition coefficient (Wildman–Crippen LogP) is 0.310. The van der Waals surface area contributed by atoms with Crippen LogP contribution in [0.25, 0.3) is 11.0 Å². The van der Waals surface area contributed by atoms with E-state index in [1.54, 1.807) is 6.20 Å². The minimum atomic E-state index is 0.0590. The molecular weight excluding hydrogens is 192 g/mol. The lowest BCUT2D eigenvalue weighted by Gasteiger charge is -2.11. The molecule has 0 saturated carbocycles. The maximum atomic E-state index is 12.0. The number of hydrogen-bond acceptors (Lipinski definition) is 4. The number of nitrogens with one attached hydrogen (secondary N) is 1. The van der Waals surface area contributed by atoms with Gasteiger partial charge in [0.05, 0.1) is 5.39 Å². The SMILES string of the molecule is CN1CCc2c1[nH]c1ncncc1c2=O. The van der Waals surface area contributed by atoms with Crippen molar-refractivity contribution < 1.29 is 0 Å². The molecule has 0 atom stereocenters. The molecule has 0 bridgehead atoms. The van der Waals surface area contributed by atoms with E-state index in [9.17, 15) is 4.79 Å². The summed E-state index contributed by atoms with van der Waals surface area (Å²) in [7, 11) is 1.97. The van der Waals surface area contributed by atoms with E-state index in [-0.39, 0.29) is 5.43 Å². The van der Waals surface area contributed by atoms with Gasteiger partial charge in [-0.05, 0) is 6.42 Å². The monoisotopic (exact) mass is 202 g/mol. The van der Waals surface area contributed by atoms with Gasteiger partial charge in [-0.1, -0.05) is 0 Å². The molecule has 0 radical (unpaired) electrons. The fraction of sp³-hybridized carbons (Fsp3) is 0.300. The van der Waals surface area contributed by atoms with Gasteiger partial charge in [-0.25, -0.2) is 9.97 Å². The normalized spacial score (nSPS) is 14.6. The second-order valence-electron chi connectivity index (χ2n) is 3.74. The van der Waals surface area contributed by atoms with Gasteiger partial charge in [0.2, 0.25) is 0 Å². The number of rotatable bonds is 0. The van der Waals surface area contributed by atoms with E-state index < -0.39 is 0 Å². The average molecular weight is 202 g/mol. The van der Waals surface area contributed by atoms with Gasteiger partial charge >= 0.3 is 0 Å². The van der Waals surface area contributed by atoms with Gasteiger partial charge in [0.25, 0.3) is 0 Å². The predicted molar refractivity (Wildman–Crippen MR) is 57.1 cm³/mol. The van der Waals surface area contributed by atoms with Gasteiger partial charge in [0.15, 0.2) is 5.43 Å². The van der Waals surface area contributed by atoms with E-state index in [0.29, 0.717) is 11.0 Å². The van der Waals surface area contributed by atoms with Crippen molar-refractivity contribution in [2.75, 3.05) is 18.5 Å². The molecule has 0 unspecified atom stereocenters. The van der Waals surface area contributed by atoms with Crippen molar-refractivity contribution in [2.45, 2.75) is 6.42 Å². The van der Waals surface area contributed by atoms with E-state index in [1.807, 2.05) is 11.9 Å². The van der Waals surface area contributed by atoms with Gasteiger partial charge in [0, 0.05) is 25.4 Å². The quantitative estimate of drug-likeness (QED) is 0.668. The number of nitrogens with zero attached hydrogens (tertiary/aromatic N) is 3. The first kappa shape index (κ1) is 8.40. The molecule has 0 aromatic carbocycles. The fourth-order valence-electron chi connectivity index (χ4n) is 2.00. The van der Waals surface area contributed by atoms with Crippen LogP contribution in [-0.2, 0) is 6.42 Å². The van der Waals surface area contributed by atoms with Crippen molar-refractivity contribution in [2.24, 2.45) is 0 Å². The van der Waals surface area contributed by atoms with Crippen LogP contribution in [0.15, 0.2) is 17.3 Å². The molecule has 1 aliphatic rings. The molecule has 2 aromatic heterocycles. The first-order valence-electron chi connectivity index (χ1n) is 4.83. The van der Waals surface area contributed by atoms with Crippen LogP contribution in [0, 0.1) is 0 Å². The van der Waals surface area contributed by atoms with E-state index in [2.05, 4.69) is 15.0 Å². The maximum Gasteiger partial charge on any atom is 0.197 e. The maximum absolute atomic E-state index is 12.0. The highest BCUT2D eigenvalue weighted by molar-refractivity contribution is 5.78. The molecule has 0 spiro atoms. The largest absolute Gasteiger partial charge is 0.361 e. The zero-order chi connectivity index (χ0) is 10.4. The van der Waals surface area contributed by atoms with E-state index in [1.165, 1.54) is 6.33 Å². The summed E-state index contributed by atoms with van der Waals surface area (Å²) in [6.07, 6.45) is 3.81.